The molecule has 0 bridgehead atoms. The predicted molar refractivity (Wildman–Crippen MR) is 81.7 cm³/mol. The normalized spacial score (nSPS) is 17.6. The van der Waals surface area contributed by atoms with Crippen LogP contribution >= 0.6 is 23.4 Å². The first-order valence-corrected chi connectivity index (χ1v) is 8.15. The number of nitrogens with zero attached hydrogens (tertiary/aromatic N) is 1. The number of ketones is 2. The van der Waals surface area contributed by atoms with Crippen LogP contribution in [0.5, 0.6) is 0 Å². The molecule has 1 aromatic rings. The average Bonchev–Trinajstić information content (AvgIpc) is 2.94. The van der Waals surface area contributed by atoms with Gasteiger partial charge in [0.15, 0.2) is 11.6 Å². The first kappa shape index (κ1) is 14.4. The second kappa shape index (κ2) is 5.67. The van der Waals surface area contributed by atoms with Crippen LogP contribution in [0.3, 0.4) is 0 Å². The fourth-order valence-electron chi connectivity index (χ4n) is 2.78. The summed E-state index contributed by atoms with van der Waals surface area (Å²) in [6.07, 6.45) is 2.36. The van der Waals surface area contributed by atoms with Gasteiger partial charge in [0.2, 0.25) is 0 Å². The van der Waals surface area contributed by atoms with Gasteiger partial charge in [-0.05, 0) is 37.0 Å². The topological polar surface area (TPSA) is 57.9 Å². The summed E-state index contributed by atoms with van der Waals surface area (Å²) in [5, 5.41) is 9.74. The third-order valence-electron chi connectivity index (χ3n) is 3.81. The number of Topliss-reactive ketones (excluding diaryl/α,β-unsaturated/α-hetero) is 2. The lowest BCUT2D eigenvalue weighted by molar-refractivity contribution is -0.115. The number of rotatable bonds is 2. The van der Waals surface area contributed by atoms with E-state index >= 15 is 0 Å². The van der Waals surface area contributed by atoms with Gasteiger partial charge in [-0.1, -0.05) is 11.6 Å². The maximum atomic E-state index is 12.7. The largest absolute Gasteiger partial charge is 0.294 e. The number of halogens is 1. The molecule has 0 spiro atoms. The van der Waals surface area contributed by atoms with E-state index in [-0.39, 0.29) is 11.4 Å². The SMILES string of the molecule is N#Cc1c(C(=O)C2=C(Cl)CCCC2=O)ccc2c1CCS2. The molecule has 0 atom stereocenters. The van der Waals surface area contributed by atoms with Gasteiger partial charge in [-0.2, -0.15) is 5.26 Å². The Morgan fingerprint density at radius 2 is 2.10 bits per heavy atom. The molecule has 3 rings (SSSR count). The minimum Gasteiger partial charge on any atom is -0.294 e. The molecule has 1 heterocycles. The number of nitriles is 1. The van der Waals surface area contributed by atoms with Gasteiger partial charge in [0.25, 0.3) is 0 Å². The predicted octanol–water partition coefficient (Wildman–Crippen LogP) is 3.64. The molecule has 0 saturated carbocycles. The number of carbonyl (C=O) groups is 2. The molecule has 3 nitrogen and oxygen atoms in total. The van der Waals surface area contributed by atoms with Crippen molar-refractivity contribution in [3.05, 3.63) is 39.4 Å². The first-order chi connectivity index (χ1) is 10.1. The monoisotopic (exact) mass is 317 g/mol. The molecule has 0 saturated heterocycles. The number of allylic oxidation sites excluding steroid dienone is 2. The van der Waals surface area contributed by atoms with E-state index in [1.165, 1.54) is 0 Å². The summed E-state index contributed by atoms with van der Waals surface area (Å²) < 4.78 is 0. The van der Waals surface area contributed by atoms with Crippen LogP contribution in [0.25, 0.3) is 0 Å². The van der Waals surface area contributed by atoms with E-state index in [4.69, 9.17) is 11.6 Å². The molecule has 0 aromatic heterocycles. The van der Waals surface area contributed by atoms with E-state index in [0.29, 0.717) is 35.4 Å². The van der Waals surface area contributed by atoms with Gasteiger partial charge in [-0.3, -0.25) is 9.59 Å². The van der Waals surface area contributed by atoms with Gasteiger partial charge < -0.3 is 0 Å². The number of carbonyl (C=O) groups excluding carboxylic acids is 2. The van der Waals surface area contributed by atoms with Crippen molar-refractivity contribution in [3.63, 3.8) is 0 Å². The maximum Gasteiger partial charge on any atom is 0.199 e. The molecular weight excluding hydrogens is 306 g/mol. The number of fused-ring (bicyclic) bond motifs is 1. The molecule has 0 fully saturated rings. The van der Waals surface area contributed by atoms with E-state index in [1.54, 1.807) is 17.8 Å². The van der Waals surface area contributed by atoms with E-state index in [2.05, 4.69) is 6.07 Å². The van der Waals surface area contributed by atoms with Gasteiger partial charge in [0.1, 0.15) is 6.07 Å². The second-order valence-corrected chi connectivity index (χ2v) is 6.65. The van der Waals surface area contributed by atoms with Crippen LogP contribution in [0.2, 0.25) is 0 Å². The van der Waals surface area contributed by atoms with Crippen molar-refractivity contribution in [2.24, 2.45) is 0 Å². The molecule has 0 unspecified atom stereocenters. The lowest BCUT2D eigenvalue weighted by atomic mass is 9.88. The molecule has 2 aliphatic rings. The molecule has 1 aliphatic carbocycles. The van der Waals surface area contributed by atoms with Gasteiger partial charge in [0.05, 0.1) is 11.1 Å². The molecule has 1 aliphatic heterocycles. The van der Waals surface area contributed by atoms with Crippen LogP contribution in [0.4, 0.5) is 0 Å². The Hall–Kier alpha value is -1.57. The molecule has 106 valence electrons. The minimum absolute atomic E-state index is 0.0741. The zero-order valence-corrected chi connectivity index (χ0v) is 12.8. The van der Waals surface area contributed by atoms with Crippen LogP contribution in [0.15, 0.2) is 27.6 Å². The maximum absolute atomic E-state index is 12.7. The van der Waals surface area contributed by atoms with Crippen LogP contribution < -0.4 is 0 Å². The van der Waals surface area contributed by atoms with Crippen molar-refractivity contribution in [3.8, 4) is 6.07 Å². The van der Waals surface area contributed by atoms with Crippen molar-refractivity contribution < 1.29 is 9.59 Å². The quantitative estimate of drug-likeness (QED) is 0.617. The van der Waals surface area contributed by atoms with Crippen molar-refractivity contribution in [2.75, 3.05) is 5.75 Å². The Kier molecular flexibility index (Phi) is 3.88. The molecule has 0 N–H and O–H groups in total. The zero-order chi connectivity index (χ0) is 15.0. The van der Waals surface area contributed by atoms with Gasteiger partial charge in [-0.25, -0.2) is 0 Å². The van der Waals surface area contributed by atoms with Crippen molar-refractivity contribution in [1.82, 2.24) is 0 Å². The van der Waals surface area contributed by atoms with Crippen LogP contribution in [0, 0.1) is 11.3 Å². The Morgan fingerprint density at radius 1 is 1.29 bits per heavy atom. The second-order valence-electron chi connectivity index (χ2n) is 5.06. The van der Waals surface area contributed by atoms with E-state index in [1.807, 2.05) is 6.07 Å². The number of benzene rings is 1. The molecule has 0 radical (unpaired) electrons. The van der Waals surface area contributed by atoms with Gasteiger partial charge >= 0.3 is 0 Å². The van der Waals surface area contributed by atoms with Crippen molar-refractivity contribution >= 4 is 34.9 Å². The number of hydrogen-bond donors (Lipinski definition) is 0. The van der Waals surface area contributed by atoms with E-state index < -0.39 is 5.78 Å². The highest BCUT2D eigenvalue weighted by molar-refractivity contribution is 7.99. The smallest absolute Gasteiger partial charge is 0.199 e. The van der Waals surface area contributed by atoms with Crippen LogP contribution in [-0.2, 0) is 11.2 Å². The fourth-order valence-corrected chi connectivity index (χ4v) is 4.18. The number of thioether (sulfide) groups is 1. The number of hydrogen-bond acceptors (Lipinski definition) is 4. The fraction of sp³-hybridized carbons (Fsp3) is 0.312. The summed E-state index contributed by atoms with van der Waals surface area (Å²) >= 11 is 7.77. The lowest BCUT2D eigenvalue weighted by Crippen LogP contribution is -2.19. The Balaban J connectivity index is 2.12. The Morgan fingerprint density at radius 3 is 2.81 bits per heavy atom. The van der Waals surface area contributed by atoms with Crippen molar-refractivity contribution in [2.45, 2.75) is 30.6 Å². The third-order valence-corrected chi connectivity index (χ3v) is 5.29. The molecule has 5 heteroatoms. The van der Waals surface area contributed by atoms with Crippen LogP contribution in [0.1, 0.15) is 40.7 Å². The van der Waals surface area contributed by atoms with Crippen molar-refractivity contribution in [1.29, 1.82) is 5.26 Å². The van der Waals surface area contributed by atoms with Crippen LogP contribution in [-0.4, -0.2) is 17.3 Å². The molecule has 0 amide bonds. The summed E-state index contributed by atoms with van der Waals surface area (Å²) in [5.41, 5.74) is 1.71. The zero-order valence-electron chi connectivity index (χ0n) is 11.2. The minimum atomic E-state index is -0.402. The molecule has 1 aromatic carbocycles. The lowest BCUT2D eigenvalue weighted by Gasteiger charge is -2.15. The van der Waals surface area contributed by atoms with Gasteiger partial charge in [-0.15, -0.1) is 11.8 Å². The molecular formula is C16H12ClNO2S. The highest BCUT2D eigenvalue weighted by Gasteiger charge is 2.29. The first-order valence-electron chi connectivity index (χ1n) is 6.78. The summed E-state index contributed by atoms with van der Waals surface area (Å²) in [6, 6.07) is 5.65. The third kappa shape index (κ3) is 2.41. The summed E-state index contributed by atoms with van der Waals surface area (Å²) in [4.78, 5) is 25.7. The standard InChI is InChI=1S/C16H12ClNO2S/c17-12-2-1-3-13(19)15(12)16(20)10-4-5-14-9(6-7-21-14)11(10)8-18/h4-5H,1-3,6-7H2. The highest BCUT2D eigenvalue weighted by atomic mass is 35.5. The van der Waals surface area contributed by atoms with E-state index in [0.717, 1.165) is 22.6 Å². The summed E-state index contributed by atoms with van der Waals surface area (Å²) in [6.45, 7) is 0. The Bertz CT molecular complexity index is 731. The summed E-state index contributed by atoms with van der Waals surface area (Å²) in [5.74, 6) is 0.306. The highest BCUT2D eigenvalue weighted by Crippen LogP contribution is 2.36. The average molecular weight is 318 g/mol. The van der Waals surface area contributed by atoms with Gasteiger partial charge in [0, 0.05) is 27.7 Å². The van der Waals surface area contributed by atoms with E-state index in [9.17, 15) is 14.9 Å². The summed E-state index contributed by atoms with van der Waals surface area (Å²) in [7, 11) is 0. The molecule has 21 heavy (non-hydrogen) atoms. The Labute approximate surface area is 132 Å².